The van der Waals surface area contributed by atoms with E-state index in [2.05, 4.69) is 10.3 Å². The van der Waals surface area contributed by atoms with Crippen molar-refractivity contribution >= 4 is 16.7 Å². The molecule has 0 aliphatic carbocycles. The molecule has 3 rings (SSSR count). The van der Waals surface area contributed by atoms with Gasteiger partial charge in [0.1, 0.15) is 17.3 Å². The smallest absolute Gasteiger partial charge is 0.232 e. The van der Waals surface area contributed by atoms with E-state index in [1.54, 1.807) is 46.5 Å². The molecule has 0 fully saturated rings. The number of methoxy groups -OCH3 is 3. The summed E-state index contributed by atoms with van der Waals surface area (Å²) < 4.78 is 33.9. The second-order valence-corrected chi connectivity index (χ2v) is 8.40. The average Bonchev–Trinajstić information content (AvgIpc) is 3.17. The van der Waals surface area contributed by atoms with Gasteiger partial charge in [0.2, 0.25) is 11.8 Å². The zero-order chi connectivity index (χ0) is 23.1. The Morgan fingerprint density at radius 3 is 2.41 bits per heavy atom. The maximum atomic E-state index is 12.5. The largest absolute Gasteiger partial charge is 0.497 e. The lowest BCUT2D eigenvalue weighted by Gasteiger charge is -2.07. The van der Waals surface area contributed by atoms with Crippen LogP contribution >= 0.6 is 0 Å². The predicted molar refractivity (Wildman–Crippen MR) is 121 cm³/mol. The average molecular weight is 459 g/mol. The topological polar surface area (TPSA) is 99.9 Å². The summed E-state index contributed by atoms with van der Waals surface area (Å²) in [7, 11) is 3.28. The van der Waals surface area contributed by atoms with E-state index < -0.39 is 10.8 Å². The zero-order valence-electron chi connectivity index (χ0n) is 18.5. The molecule has 8 nitrogen and oxygen atoms in total. The standard InChI is InChI=1S/C23H26N2O6S/c1-15-19(25-23(31-15)17-7-10-20(29-3)21(11-17)30-4)13-32(27)14-22(26)24-12-16-5-8-18(28-2)9-6-16/h5-11H,12-14H2,1-4H3,(H,24,26)/t32-/m1/s1. The Kier molecular flexibility index (Phi) is 7.88. The monoisotopic (exact) mass is 458 g/mol. The van der Waals surface area contributed by atoms with Gasteiger partial charge >= 0.3 is 0 Å². The Balaban J connectivity index is 1.58. The lowest BCUT2D eigenvalue weighted by Crippen LogP contribution is -2.28. The van der Waals surface area contributed by atoms with E-state index in [-0.39, 0.29) is 17.4 Å². The van der Waals surface area contributed by atoms with Crippen molar-refractivity contribution in [3.05, 3.63) is 59.5 Å². The number of nitrogens with zero attached hydrogens (tertiary/aromatic N) is 1. The van der Waals surface area contributed by atoms with Crippen LogP contribution in [0.3, 0.4) is 0 Å². The van der Waals surface area contributed by atoms with Crippen molar-refractivity contribution in [3.63, 3.8) is 0 Å². The first-order valence-electron chi connectivity index (χ1n) is 9.86. The Morgan fingerprint density at radius 2 is 1.75 bits per heavy atom. The Hall–Kier alpha value is -3.33. The van der Waals surface area contributed by atoms with Crippen molar-refractivity contribution < 1.29 is 27.6 Å². The van der Waals surface area contributed by atoms with Crippen LogP contribution in [0.1, 0.15) is 17.0 Å². The zero-order valence-corrected chi connectivity index (χ0v) is 19.3. The fraction of sp³-hybridized carbons (Fsp3) is 0.304. The van der Waals surface area contributed by atoms with E-state index in [9.17, 15) is 9.00 Å². The van der Waals surface area contributed by atoms with Crippen LogP contribution in [0.4, 0.5) is 0 Å². The Bertz CT molecular complexity index is 1090. The lowest BCUT2D eigenvalue weighted by atomic mass is 10.2. The van der Waals surface area contributed by atoms with Crippen LogP contribution in [0.5, 0.6) is 17.2 Å². The van der Waals surface area contributed by atoms with Gasteiger partial charge in [-0.1, -0.05) is 12.1 Å². The van der Waals surface area contributed by atoms with Gasteiger partial charge < -0.3 is 23.9 Å². The number of oxazole rings is 1. The second-order valence-electron chi connectivity index (χ2n) is 6.94. The summed E-state index contributed by atoms with van der Waals surface area (Å²) in [6.45, 7) is 2.11. The molecule has 0 radical (unpaired) electrons. The van der Waals surface area contributed by atoms with Crippen LogP contribution in [-0.4, -0.2) is 42.2 Å². The SMILES string of the molecule is COc1ccc(CNC(=O)C[S@](=O)Cc2nc(-c3ccc(OC)c(OC)c3)oc2C)cc1. The summed E-state index contributed by atoms with van der Waals surface area (Å²) in [6, 6.07) is 12.7. The van der Waals surface area contributed by atoms with Gasteiger partial charge in [-0.3, -0.25) is 9.00 Å². The number of hydrogen-bond acceptors (Lipinski definition) is 7. The minimum atomic E-state index is -1.43. The van der Waals surface area contributed by atoms with Crippen LogP contribution in [0.25, 0.3) is 11.5 Å². The molecule has 2 aromatic carbocycles. The van der Waals surface area contributed by atoms with E-state index in [1.807, 2.05) is 24.3 Å². The molecule has 1 atom stereocenters. The normalized spacial score (nSPS) is 11.6. The van der Waals surface area contributed by atoms with Crippen LogP contribution < -0.4 is 19.5 Å². The van der Waals surface area contributed by atoms with Gasteiger partial charge in [0.25, 0.3) is 0 Å². The second kappa shape index (κ2) is 10.8. The molecule has 3 aromatic rings. The van der Waals surface area contributed by atoms with E-state index in [0.29, 0.717) is 41.0 Å². The molecular formula is C23H26N2O6S. The summed E-state index contributed by atoms with van der Waals surface area (Å²) in [6.07, 6.45) is 0. The van der Waals surface area contributed by atoms with Crippen molar-refractivity contribution in [2.75, 3.05) is 27.1 Å². The van der Waals surface area contributed by atoms with Crippen molar-refractivity contribution in [2.24, 2.45) is 0 Å². The molecule has 0 bridgehead atoms. The van der Waals surface area contributed by atoms with E-state index in [0.717, 1.165) is 11.3 Å². The molecule has 0 aliphatic rings. The molecule has 0 saturated carbocycles. The fourth-order valence-corrected chi connectivity index (χ4v) is 4.07. The number of benzene rings is 2. The van der Waals surface area contributed by atoms with Gasteiger partial charge in [0.05, 0.1) is 32.8 Å². The van der Waals surface area contributed by atoms with E-state index in [4.69, 9.17) is 18.6 Å². The van der Waals surface area contributed by atoms with E-state index in [1.165, 1.54) is 0 Å². The Labute approximate surface area is 189 Å². The summed E-state index contributed by atoms with van der Waals surface area (Å²) in [5.41, 5.74) is 2.19. The lowest BCUT2D eigenvalue weighted by molar-refractivity contribution is -0.118. The number of rotatable bonds is 10. The molecule has 0 saturated heterocycles. The summed E-state index contributed by atoms with van der Waals surface area (Å²) >= 11 is 0. The van der Waals surface area contributed by atoms with Crippen LogP contribution in [0.2, 0.25) is 0 Å². The molecule has 1 amide bonds. The molecule has 1 N–H and O–H groups in total. The molecule has 0 spiro atoms. The number of aromatic nitrogens is 1. The number of nitrogens with one attached hydrogen (secondary N) is 1. The molecular weight excluding hydrogens is 432 g/mol. The highest BCUT2D eigenvalue weighted by molar-refractivity contribution is 7.84. The number of carbonyl (C=O) groups is 1. The van der Waals surface area contributed by atoms with Crippen LogP contribution in [0, 0.1) is 6.92 Å². The first-order chi connectivity index (χ1) is 15.4. The highest BCUT2D eigenvalue weighted by atomic mass is 32.2. The molecule has 0 unspecified atom stereocenters. The van der Waals surface area contributed by atoms with Gasteiger partial charge in [-0.15, -0.1) is 0 Å². The summed E-state index contributed by atoms with van der Waals surface area (Å²) in [4.78, 5) is 16.7. The summed E-state index contributed by atoms with van der Waals surface area (Å²) in [5.74, 6) is 2.56. The minimum absolute atomic E-state index is 0.117. The van der Waals surface area contributed by atoms with Crippen LogP contribution in [-0.2, 0) is 27.9 Å². The predicted octanol–water partition coefficient (Wildman–Crippen LogP) is 3.24. The first-order valence-corrected chi connectivity index (χ1v) is 11.4. The van der Waals surface area contributed by atoms with Crippen molar-refractivity contribution in [1.29, 1.82) is 0 Å². The quantitative estimate of drug-likeness (QED) is 0.498. The van der Waals surface area contributed by atoms with Gasteiger partial charge in [-0.25, -0.2) is 4.98 Å². The molecule has 32 heavy (non-hydrogen) atoms. The molecule has 1 heterocycles. The first kappa shape index (κ1) is 23.3. The van der Waals surface area contributed by atoms with Gasteiger partial charge in [0, 0.05) is 22.9 Å². The number of hydrogen-bond donors (Lipinski definition) is 1. The number of carbonyl (C=O) groups excluding carboxylic acids is 1. The summed E-state index contributed by atoms with van der Waals surface area (Å²) in [5, 5.41) is 2.78. The third kappa shape index (κ3) is 5.88. The van der Waals surface area contributed by atoms with Gasteiger partial charge in [-0.2, -0.15) is 0 Å². The molecule has 1 aromatic heterocycles. The third-order valence-electron chi connectivity index (χ3n) is 4.76. The number of amides is 1. The molecule has 170 valence electrons. The Morgan fingerprint density at radius 1 is 1.03 bits per heavy atom. The highest BCUT2D eigenvalue weighted by Gasteiger charge is 2.17. The minimum Gasteiger partial charge on any atom is -0.497 e. The number of aryl methyl sites for hydroxylation is 1. The third-order valence-corrected chi connectivity index (χ3v) is 5.94. The fourth-order valence-electron chi connectivity index (χ4n) is 3.00. The number of ether oxygens (including phenoxy) is 3. The molecule has 9 heteroatoms. The van der Waals surface area contributed by atoms with Crippen molar-refractivity contribution in [1.82, 2.24) is 10.3 Å². The van der Waals surface area contributed by atoms with E-state index >= 15 is 0 Å². The van der Waals surface area contributed by atoms with Gasteiger partial charge in [0.15, 0.2) is 11.5 Å². The highest BCUT2D eigenvalue weighted by Crippen LogP contribution is 2.32. The van der Waals surface area contributed by atoms with Crippen LogP contribution in [0.15, 0.2) is 46.9 Å². The van der Waals surface area contributed by atoms with Crippen molar-refractivity contribution in [2.45, 2.75) is 19.2 Å². The maximum absolute atomic E-state index is 12.5. The maximum Gasteiger partial charge on any atom is 0.232 e. The van der Waals surface area contributed by atoms with Crippen molar-refractivity contribution in [3.8, 4) is 28.7 Å². The van der Waals surface area contributed by atoms with Gasteiger partial charge in [-0.05, 0) is 42.8 Å². The molecule has 0 aliphatic heterocycles.